The Morgan fingerprint density at radius 2 is 1.93 bits per heavy atom. The van der Waals surface area contributed by atoms with Crippen LogP contribution in [0.3, 0.4) is 0 Å². The lowest BCUT2D eigenvalue weighted by Gasteiger charge is -2.08. The van der Waals surface area contributed by atoms with Gasteiger partial charge in [0.1, 0.15) is 16.6 Å². The van der Waals surface area contributed by atoms with E-state index in [1.165, 1.54) is 6.33 Å². The molecule has 0 amide bonds. The molecule has 1 aliphatic rings. The van der Waals surface area contributed by atoms with Crippen LogP contribution in [-0.4, -0.2) is 28.0 Å². The Bertz CT molecular complexity index is 372. The summed E-state index contributed by atoms with van der Waals surface area (Å²) in [5.41, 5.74) is 6.01. The predicted octanol–water partition coefficient (Wildman–Crippen LogP) is 0.400. The average molecular weight is 233 g/mol. The Balaban J connectivity index is 2.42. The highest BCUT2D eigenvalue weighted by atomic mass is 35.5. The first-order chi connectivity index (χ1) is 6.68. The Morgan fingerprint density at radius 1 is 1.29 bits per heavy atom. The van der Waals surface area contributed by atoms with Gasteiger partial charge in [0.25, 0.3) is 0 Å². The molecular formula is C6H6Cl2N6. The van der Waals surface area contributed by atoms with Gasteiger partial charge in [0, 0.05) is 7.05 Å². The molecule has 0 saturated heterocycles. The standard InChI is InChI=1S/C6H6Cl2N6/c1-14-12-6(11-13-14)3-4(7)9-2-10-5(3)8/h2,13H,1H3,(H,11,12). The fourth-order valence-corrected chi connectivity index (χ4v) is 1.48. The maximum atomic E-state index is 5.85. The maximum Gasteiger partial charge on any atom is 0.176 e. The second kappa shape index (κ2) is 3.56. The molecule has 74 valence electrons. The van der Waals surface area contributed by atoms with Crippen LogP contribution in [-0.2, 0) is 0 Å². The van der Waals surface area contributed by atoms with Crippen molar-refractivity contribution in [3.63, 3.8) is 0 Å². The zero-order chi connectivity index (χ0) is 10.1. The van der Waals surface area contributed by atoms with Gasteiger partial charge >= 0.3 is 0 Å². The number of aromatic nitrogens is 2. The number of hydrogen-bond donors (Lipinski definition) is 2. The lowest BCUT2D eigenvalue weighted by atomic mass is 10.3. The Hall–Kier alpha value is -1.11. The molecule has 1 aliphatic heterocycles. The summed E-state index contributed by atoms with van der Waals surface area (Å²) < 4.78 is 0. The summed E-state index contributed by atoms with van der Waals surface area (Å²) in [7, 11) is 1.75. The van der Waals surface area contributed by atoms with E-state index >= 15 is 0 Å². The minimum atomic E-state index is 0.258. The van der Waals surface area contributed by atoms with E-state index in [-0.39, 0.29) is 10.3 Å². The molecule has 0 saturated carbocycles. The van der Waals surface area contributed by atoms with Gasteiger partial charge < -0.3 is 0 Å². The van der Waals surface area contributed by atoms with Crippen LogP contribution in [0, 0.1) is 0 Å². The largest absolute Gasteiger partial charge is 0.282 e. The molecule has 0 atom stereocenters. The highest BCUT2D eigenvalue weighted by Gasteiger charge is 2.19. The van der Waals surface area contributed by atoms with E-state index in [4.69, 9.17) is 23.2 Å². The van der Waals surface area contributed by atoms with Crippen LogP contribution in [0.4, 0.5) is 0 Å². The molecule has 6 nitrogen and oxygen atoms in total. The molecule has 0 unspecified atom stereocenters. The fraction of sp³-hybridized carbons (Fsp3) is 0.167. The predicted molar refractivity (Wildman–Crippen MR) is 52.6 cm³/mol. The molecule has 0 aromatic carbocycles. The van der Waals surface area contributed by atoms with Gasteiger partial charge in [0.2, 0.25) is 0 Å². The van der Waals surface area contributed by atoms with Crippen LogP contribution in [0.15, 0.2) is 11.4 Å². The van der Waals surface area contributed by atoms with Gasteiger partial charge in [-0.3, -0.25) is 5.43 Å². The molecule has 0 bridgehead atoms. The topological polar surface area (TPSA) is 65.4 Å². The first kappa shape index (κ1) is 9.45. The highest BCUT2D eigenvalue weighted by Crippen LogP contribution is 2.20. The maximum absolute atomic E-state index is 5.85. The molecule has 0 radical (unpaired) electrons. The molecule has 0 spiro atoms. The summed E-state index contributed by atoms with van der Waals surface area (Å²) in [6.07, 6.45) is 1.29. The van der Waals surface area contributed by atoms with E-state index < -0.39 is 0 Å². The monoisotopic (exact) mass is 232 g/mol. The third-order valence-electron chi connectivity index (χ3n) is 1.58. The first-order valence-corrected chi connectivity index (χ1v) is 4.44. The van der Waals surface area contributed by atoms with Crippen molar-refractivity contribution in [3.8, 4) is 0 Å². The second-order valence-electron chi connectivity index (χ2n) is 2.56. The molecule has 0 aliphatic carbocycles. The van der Waals surface area contributed by atoms with Crippen molar-refractivity contribution in [3.05, 3.63) is 22.2 Å². The number of halogens is 2. The van der Waals surface area contributed by atoms with Gasteiger partial charge in [0.15, 0.2) is 5.84 Å². The zero-order valence-electron chi connectivity index (χ0n) is 7.12. The van der Waals surface area contributed by atoms with Gasteiger partial charge in [-0.25, -0.2) is 15.5 Å². The summed E-state index contributed by atoms with van der Waals surface area (Å²) in [6.45, 7) is 0. The van der Waals surface area contributed by atoms with Crippen molar-refractivity contribution in [1.29, 1.82) is 0 Å². The number of hydrogen-bond acceptors (Lipinski definition) is 6. The summed E-state index contributed by atoms with van der Waals surface area (Å²) in [5.74, 6) is 0.489. The van der Waals surface area contributed by atoms with E-state index in [2.05, 4.69) is 26.0 Å². The molecule has 0 fully saturated rings. The van der Waals surface area contributed by atoms with Crippen LogP contribution in [0.5, 0.6) is 0 Å². The quantitative estimate of drug-likeness (QED) is 0.687. The van der Waals surface area contributed by atoms with Gasteiger partial charge in [-0.15, -0.1) is 10.2 Å². The summed E-state index contributed by atoms with van der Waals surface area (Å²) >= 11 is 11.7. The smallest absolute Gasteiger partial charge is 0.176 e. The Morgan fingerprint density at radius 3 is 2.43 bits per heavy atom. The molecule has 8 heteroatoms. The Labute approximate surface area is 89.9 Å². The number of hydrazine groups is 2. The van der Waals surface area contributed by atoms with Crippen LogP contribution in [0.1, 0.15) is 5.56 Å². The number of rotatable bonds is 1. The number of nitrogens with one attached hydrogen (secondary N) is 2. The van der Waals surface area contributed by atoms with Crippen molar-refractivity contribution in [2.24, 2.45) is 5.10 Å². The zero-order valence-corrected chi connectivity index (χ0v) is 8.63. The molecule has 14 heavy (non-hydrogen) atoms. The third kappa shape index (κ3) is 1.59. The number of nitrogens with zero attached hydrogens (tertiary/aromatic N) is 4. The third-order valence-corrected chi connectivity index (χ3v) is 2.15. The van der Waals surface area contributed by atoms with Gasteiger partial charge in [0.05, 0.1) is 5.56 Å². The van der Waals surface area contributed by atoms with Crippen molar-refractivity contribution >= 4 is 29.0 Å². The molecule has 2 rings (SSSR count). The minimum Gasteiger partial charge on any atom is -0.282 e. The molecular weight excluding hydrogens is 227 g/mol. The fourth-order valence-electron chi connectivity index (χ4n) is 0.986. The Kier molecular flexibility index (Phi) is 2.40. The summed E-state index contributed by atoms with van der Waals surface area (Å²) in [6, 6.07) is 0. The molecule has 1 aromatic rings. The van der Waals surface area contributed by atoms with Gasteiger partial charge in [-0.05, 0) is 0 Å². The lowest BCUT2D eigenvalue weighted by molar-refractivity contribution is 0.232. The van der Waals surface area contributed by atoms with Crippen LogP contribution >= 0.6 is 23.2 Å². The van der Waals surface area contributed by atoms with E-state index in [9.17, 15) is 0 Å². The van der Waals surface area contributed by atoms with Crippen LogP contribution in [0.25, 0.3) is 0 Å². The summed E-state index contributed by atoms with van der Waals surface area (Å²) in [4.78, 5) is 7.62. The first-order valence-electron chi connectivity index (χ1n) is 3.68. The number of hydrazone groups is 1. The van der Waals surface area contributed by atoms with Gasteiger partial charge in [-0.2, -0.15) is 0 Å². The summed E-state index contributed by atoms with van der Waals surface area (Å²) in [5, 5.41) is 6.01. The van der Waals surface area contributed by atoms with Crippen molar-refractivity contribution in [2.75, 3.05) is 7.05 Å². The van der Waals surface area contributed by atoms with Crippen LogP contribution < -0.4 is 11.0 Å². The van der Waals surface area contributed by atoms with E-state index in [0.717, 1.165) is 0 Å². The average Bonchev–Trinajstić information content (AvgIpc) is 2.51. The SMILES string of the molecule is CN1NN=C(c2c(Cl)ncnc2Cl)N1. The molecule has 1 aromatic heterocycles. The van der Waals surface area contributed by atoms with E-state index in [1.807, 2.05) is 0 Å². The van der Waals surface area contributed by atoms with Crippen molar-refractivity contribution in [1.82, 2.24) is 26.0 Å². The second-order valence-corrected chi connectivity index (χ2v) is 3.28. The lowest BCUT2D eigenvalue weighted by Crippen LogP contribution is -2.38. The van der Waals surface area contributed by atoms with Crippen molar-refractivity contribution < 1.29 is 0 Å². The van der Waals surface area contributed by atoms with Crippen LogP contribution in [0.2, 0.25) is 10.3 Å². The van der Waals surface area contributed by atoms with E-state index in [0.29, 0.717) is 11.4 Å². The van der Waals surface area contributed by atoms with Gasteiger partial charge in [-0.1, -0.05) is 23.2 Å². The minimum absolute atomic E-state index is 0.258. The molecule has 2 N–H and O–H groups in total. The molecule has 2 heterocycles. The normalized spacial score (nSPS) is 16.1. The van der Waals surface area contributed by atoms with E-state index in [1.54, 1.807) is 12.2 Å². The number of amidine groups is 1. The highest BCUT2D eigenvalue weighted by molar-refractivity contribution is 6.38. The van der Waals surface area contributed by atoms with Crippen molar-refractivity contribution in [2.45, 2.75) is 0 Å².